The number of likely N-dealkylation sites (tertiary alicyclic amines) is 1. The molecule has 0 aliphatic carbocycles. The summed E-state index contributed by atoms with van der Waals surface area (Å²) < 4.78 is 6.70. The smallest absolute Gasteiger partial charge is 0.249 e. The van der Waals surface area contributed by atoms with Crippen molar-refractivity contribution in [3.63, 3.8) is 0 Å². The van der Waals surface area contributed by atoms with Crippen molar-refractivity contribution in [2.75, 3.05) is 26.2 Å². The first kappa shape index (κ1) is 26.6. The summed E-state index contributed by atoms with van der Waals surface area (Å²) in [6.45, 7) is 9.06. The third-order valence-corrected chi connectivity index (χ3v) is 8.40. The molecule has 4 aliphatic heterocycles. The molecule has 1 spiro atoms. The van der Waals surface area contributed by atoms with E-state index >= 15 is 0 Å². The number of rotatable bonds is 6. The van der Waals surface area contributed by atoms with E-state index in [0.29, 0.717) is 26.1 Å². The summed E-state index contributed by atoms with van der Waals surface area (Å²) in [5.41, 5.74) is -0.830. The number of amides is 3. The van der Waals surface area contributed by atoms with Crippen LogP contribution in [0.4, 0.5) is 0 Å². The number of nitrogens with zero attached hydrogens (tertiary/aromatic N) is 3. The Hall–Kier alpha value is -2.97. The molecule has 2 fully saturated rings. The average Bonchev–Trinajstić information content (AvgIpc) is 3.20. The van der Waals surface area contributed by atoms with E-state index < -0.39 is 41.2 Å². The number of carbonyl (C=O) groups excluding carboxylic acids is 3. The van der Waals surface area contributed by atoms with Crippen molar-refractivity contribution in [1.82, 2.24) is 14.7 Å². The Morgan fingerprint density at radius 2 is 1.79 bits per heavy atom. The molecule has 0 radical (unpaired) electrons. The number of hydrogen-bond acceptors (Lipinski definition) is 5. The zero-order chi connectivity index (χ0) is 27.2. The Kier molecular flexibility index (Phi) is 6.99. The van der Waals surface area contributed by atoms with Crippen LogP contribution < -0.4 is 0 Å². The topological polar surface area (TPSA) is 90.4 Å². The van der Waals surface area contributed by atoms with E-state index in [1.165, 1.54) is 0 Å². The van der Waals surface area contributed by atoms with Gasteiger partial charge in [-0.15, -0.1) is 0 Å². The number of carbonyl (C=O) groups is 3. The highest BCUT2D eigenvalue weighted by Gasteiger charge is 2.72. The minimum Gasteiger partial charge on any atom is -0.394 e. The van der Waals surface area contributed by atoms with Gasteiger partial charge in [-0.05, 0) is 39.2 Å². The van der Waals surface area contributed by atoms with Crippen LogP contribution in [0.1, 0.15) is 39.7 Å². The molecule has 3 amide bonds. The third kappa shape index (κ3) is 4.18. The zero-order valence-electron chi connectivity index (χ0n) is 22.7. The molecular formula is C30H39N3O5. The maximum Gasteiger partial charge on any atom is 0.249 e. The fourth-order valence-corrected chi connectivity index (χ4v) is 6.73. The predicted octanol–water partition coefficient (Wildman–Crippen LogP) is 2.18. The van der Waals surface area contributed by atoms with Crippen LogP contribution in [0.2, 0.25) is 0 Å². The van der Waals surface area contributed by atoms with Gasteiger partial charge in [0.25, 0.3) is 0 Å². The summed E-state index contributed by atoms with van der Waals surface area (Å²) in [7, 11) is 0. The fourth-order valence-electron chi connectivity index (χ4n) is 6.73. The number of benzene rings is 1. The molecule has 204 valence electrons. The molecule has 1 N–H and O–H groups in total. The Morgan fingerprint density at radius 1 is 1.05 bits per heavy atom. The molecule has 6 atom stereocenters. The van der Waals surface area contributed by atoms with E-state index in [4.69, 9.17) is 4.74 Å². The van der Waals surface area contributed by atoms with Crippen molar-refractivity contribution >= 4 is 17.7 Å². The van der Waals surface area contributed by atoms with Gasteiger partial charge in [0.15, 0.2) is 0 Å². The van der Waals surface area contributed by atoms with Gasteiger partial charge in [0, 0.05) is 25.2 Å². The Morgan fingerprint density at radius 3 is 2.45 bits per heavy atom. The lowest BCUT2D eigenvalue weighted by molar-refractivity contribution is -0.154. The molecule has 1 aromatic rings. The van der Waals surface area contributed by atoms with Gasteiger partial charge in [-0.1, -0.05) is 61.6 Å². The van der Waals surface area contributed by atoms with Crippen LogP contribution in [0.15, 0.2) is 54.6 Å². The lowest BCUT2D eigenvalue weighted by Gasteiger charge is -2.42. The third-order valence-electron chi connectivity index (χ3n) is 8.40. The second-order valence-corrected chi connectivity index (χ2v) is 11.8. The first-order valence-electron chi connectivity index (χ1n) is 13.7. The van der Waals surface area contributed by atoms with Gasteiger partial charge in [-0.3, -0.25) is 14.4 Å². The maximum absolute atomic E-state index is 14.5. The van der Waals surface area contributed by atoms with Crippen molar-refractivity contribution in [3.05, 3.63) is 60.2 Å². The molecular weight excluding hydrogens is 482 g/mol. The minimum absolute atomic E-state index is 0.112. The summed E-state index contributed by atoms with van der Waals surface area (Å²) in [6.07, 6.45) is 8.18. The van der Waals surface area contributed by atoms with Crippen molar-refractivity contribution in [2.45, 2.75) is 69.9 Å². The van der Waals surface area contributed by atoms with Crippen molar-refractivity contribution in [2.24, 2.45) is 11.8 Å². The molecule has 1 aromatic carbocycles. The summed E-state index contributed by atoms with van der Waals surface area (Å²) >= 11 is 0. The van der Waals surface area contributed by atoms with Crippen molar-refractivity contribution < 1.29 is 24.2 Å². The van der Waals surface area contributed by atoms with Crippen LogP contribution in [0.5, 0.6) is 0 Å². The molecule has 8 nitrogen and oxygen atoms in total. The Balaban J connectivity index is 1.63. The van der Waals surface area contributed by atoms with Crippen molar-refractivity contribution in [1.29, 1.82) is 0 Å². The van der Waals surface area contributed by atoms with Gasteiger partial charge in [0.1, 0.15) is 11.6 Å². The lowest BCUT2D eigenvalue weighted by atomic mass is 9.77. The Labute approximate surface area is 224 Å². The number of fused-ring (bicyclic) bond motifs is 2. The summed E-state index contributed by atoms with van der Waals surface area (Å²) in [4.78, 5) is 47.8. The molecule has 0 aromatic heterocycles. The molecule has 2 saturated heterocycles. The van der Waals surface area contributed by atoms with E-state index in [2.05, 4.69) is 0 Å². The SMILES string of the molecule is CCCN1CC=C[C@@H]2O[C@]34C=CCN(C(C)(C)C)C(=O)C3N([C@@H](CO)Cc3ccccc3)C(=O)[C@@H]4[C@@H]2C1=O. The fraction of sp³-hybridized carbons (Fsp3) is 0.567. The molecule has 4 aliphatic rings. The highest BCUT2D eigenvalue weighted by atomic mass is 16.5. The normalized spacial score (nSPS) is 31.7. The standard InChI is InChI=1S/C30H39N3O5/c1-5-15-31-16-9-13-22-23(26(31)35)24-27(36)33(21(19-34)18-20-11-7-6-8-12-20)25-28(37)32(29(2,3)4)17-10-14-30(24,25)38-22/h6-14,21-25,34H,5,15-19H2,1-4H3/t21-,22+,23-,24+,25?,30+/m1/s1. The highest BCUT2D eigenvalue weighted by Crippen LogP contribution is 2.54. The molecule has 4 heterocycles. The minimum atomic E-state index is -1.29. The molecule has 0 saturated carbocycles. The molecule has 8 heteroatoms. The van der Waals surface area contributed by atoms with E-state index in [-0.39, 0.29) is 24.3 Å². The Bertz CT molecular complexity index is 1140. The molecule has 38 heavy (non-hydrogen) atoms. The van der Waals surface area contributed by atoms with Crippen molar-refractivity contribution in [3.8, 4) is 0 Å². The number of ether oxygens (including phenoxy) is 1. The number of aliphatic hydroxyl groups is 1. The maximum atomic E-state index is 14.5. The predicted molar refractivity (Wildman–Crippen MR) is 143 cm³/mol. The van der Waals surface area contributed by atoms with Gasteiger partial charge >= 0.3 is 0 Å². The lowest BCUT2D eigenvalue weighted by Crippen LogP contribution is -2.61. The summed E-state index contributed by atoms with van der Waals surface area (Å²) in [6, 6.07) is 8.03. The van der Waals surface area contributed by atoms with E-state index in [1.807, 2.05) is 82.3 Å². The average molecular weight is 522 g/mol. The first-order valence-corrected chi connectivity index (χ1v) is 13.7. The van der Waals surface area contributed by atoms with Crippen LogP contribution in [0, 0.1) is 11.8 Å². The van der Waals surface area contributed by atoms with Gasteiger partial charge < -0.3 is 24.5 Å². The molecule has 0 bridgehead atoms. The zero-order valence-corrected chi connectivity index (χ0v) is 22.7. The van der Waals surface area contributed by atoms with Crippen LogP contribution in [0.3, 0.4) is 0 Å². The van der Waals surface area contributed by atoms with E-state index in [1.54, 1.807) is 14.7 Å². The second kappa shape index (κ2) is 9.97. The second-order valence-electron chi connectivity index (χ2n) is 11.8. The van der Waals surface area contributed by atoms with Crippen LogP contribution >= 0.6 is 0 Å². The van der Waals surface area contributed by atoms with Gasteiger partial charge in [-0.25, -0.2) is 0 Å². The van der Waals surface area contributed by atoms with Gasteiger partial charge in [0.05, 0.1) is 30.6 Å². The summed E-state index contributed by atoms with van der Waals surface area (Å²) in [5, 5.41) is 10.6. The van der Waals surface area contributed by atoms with Crippen LogP contribution in [-0.2, 0) is 25.5 Å². The number of hydrogen-bond donors (Lipinski definition) is 1. The highest BCUT2D eigenvalue weighted by molar-refractivity contribution is 6.00. The van der Waals surface area contributed by atoms with Gasteiger partial charge in [0.2, 0.25) is 17.7 Å². The van der Waals surface area contributed by atoms with Gasteiger partial charge in [-0.2, -0.15) is 0 Å². The quantitative estimate of drug-likeness (QED) is 0.580. The largest absolute Gasteiger partial charge is 0.394 e. The first-order chi connectivity index (χ1) is 18.1. The monoisotopic (exact) mass is 521 g/mol. The van der Waals surface area contributed by atoms with E-state index in [9.17, 15) is 19.5 Å². The van der Waals surface area contributed by atoms with Crippen LogP contribution in [0.25, 0.3) is 0 Å². The number of aliphatic hydroxyl groups excluding tert-OH is 1. The van der Waals surface area contributed by atoms with Crippen LogP contribution in [-0.4, -0.2) is 93.1 Å². The molecule has 1 unspecified atom stereocenters. The van der Waals surface area contributed by atoms with E-state index in [0.717, 1.165) is 12.0 Å². The molecule has 5 rings (SSSR count). The summed E-state index contributed by atoms with van der Waals surface area (Å²) in [5.74, 6) is -2.21.